The van der Waals surface area contributed by atoms with E-state index >= 15 is 0 Å². The van der Waals surface area contributed by atoms with E-state index in [9.17, 15) is 0 Å². The van der Waals surface area contributed by atoms with Crippen molar-refractivity contribution >= 4 is 21.6 Å². The van der Waals surface area contributed by atoms with Crippen LogP contribution in [0.5, 0.6) is 0 Å². The molecule has 0 aliphatic carbocycles. The predicted molar refractivity (Wildman–Crippen MR) is 74.3 cm³/mol. The number of halogens is 1. The van der Waals surface area contributed by atoms with Crippen molar-refractivity contribution in [1.29, 1.82) is 5.26 Å². The number of nitrogens with zero attached hydrogens (tertiary/aromatic N) is 2. The van der Waals surface area contributed by atoms with Crippen molar-refractivity contribution in [3.8, 4) is 6.07 Å². The minimum absolute atomic E-state index is 0.00460. The van der Waals surface area contributed by atoms with Crippen LogP contribution < -0.4 is 10.6 Å². The summed E-state index contributed by atoms with van der Waals surface area (Å²) in [7, 11) is 0. The quantitative estimate of drug-likeness (QED) is 0.909. The molecule has 0 saturated carbocycles. The summed E-state index contributed by atoms with van der Waals surface area (Å²) in [6.07, 6.45) is -0.342. The van der Waals surface area contributed by atoms with Crippen LogP contribution in [0.25, 0.3) is 0 Å². The van der Waals surface area contributed by atoms with Gasteiger partial charge in [0.15, 0.2) is 6.10 Å². The average molecular weight is 310 g/mol. The van der Waals surface area contributed by atoms with E-state index in [4.69, 9.17) is 15.7 Å². The molecule has 1 fully saturated rings. The van der Waals surface area contributed by atoms with E-state index in [1.807, 2.05) is 19.1 Å². The molecule has 1 aliphatic rings. The zero-order chi connectivity index (χ0) is 13.1. The Hall–Kier alpha value is -1.09. The lowest BCUT2D eigenvalue weighted by Crippen LogP contribution is -2.41. The monoisotopic (exact) mass is 309 g/mol. The lowest BCUT2D eigenvalue weighted by molar-refractivity contribution is 0.0764. The second kappa shape index (κ2) is 5.70. The van der Waals surface area contributed by atoms with Crippen molar-refractivity contribution in [2.24, 2.45) is 5.73 Å². The predicted octanol–water partition coefficient (Wildman–Crippen LogP) is 2.20. The molecule has 1 saturated heterocycles. The van der Waals surface area contributed by atoms with E-state index in [2.05, 4.69) is 33.0 Å². The van der Waals surface area contributed by atoms with Crippen molar-refractivity contribution in [1.82, 2.24) is 0 Å². The van der Waals surface area contributed by atoms with Gasteiger partial charge in [0.1, 0.15) is 0 Å². The number of rotatable bonds is 2. The Morgan fingerprint density at radius 1 is 1.61 bits per heavy atom. The van der Waals surface area contributed by atoms with Crippen LogP contribution in [0, 0.1) is 11.3 Å². The lowest BCUT2D eigenvalue weighted by Gasteiger charge is -2.32. The minimum Gasteiger partial charge on any atom is -0.365 e. The number of nitriles is 1. The van der Waals surface area contributed by atoms with Gasteiger partial charge in [-0.15, -0.1) is 0 Å². The molecule has 5 heteroatoms. The fourth-order valence-electron chi connectivity index (χ4n) is 2.04. The number of benzene rings is 1. The first-order valence-corrected chi connectivity index (χ1v) is 6.72. The number of ether oxygens (including phenoxy) is 1. The molecule has 18 heavy (non-hydrogen) atoms. The Morgan fingerprint density at radius 2 is 2.39 bits per heavy atom. The van der Waals surface area contributed by atoms with E-state index in [-0.39, 0.29) is 12.1 Å². The maximum absolute atomic E-state index is 8.90. The van der Waals surface area contributed by atoms with Crippen LogP contribution in [-0.4, -0.2) is 25.8 Å². The van der Waals surface area contributed by atoms with Crippen LogP contribution in [-0.2, 0) is 4.74 Å². The topological polar surface area (TPSA) is 62.3 Å². The molecule has 2 atom stereocenters. The van der Waals surface area contributed by atoms with Crippen LogP contribution in [0.1, 0.15) is 18.5 Å². The molecule has 1 heterocycles. The van der Waals surface area contributed by atoms with Gasteiger partial charge in [-0.3, -0.25) is 0 Å². The van der Waals surface area contributed by atoms with E-state index in [1.165, 1.54) is 0 Å². The SMILES string of the molecule is C[C@@H](N)c1ccc(N2CCOC(C#N)C2)cc1Br. The highest BCUT2D eigenvalue weighted by Crippen LogP contribution is 2.28. The van der Waals surface area contributed by atoms with Crippen LogP contribution in [0.3, 0.4) is 0 Å². The maximum Gasteiger partial charge on any atom is 0.161 e. The third kappa shape index (κ3) is 2.83. The summed E-state index contributed by atoms with van der Waals surface area (Å²) in [5.74, 6) is 0. The molecule has 0 radical (unpaired) electrons. The first-order chi connectivity index (χ1) is 8.61. The molecule has 0 aromatic heterocycles. The molecule has 1 aliphatic heterocycles. The molecule has 2 N–H and O–H groups in total. The second-order valence-corrected chi connectivity index (χ2v) is 5.28. The standard InChI is InChI=1S/C13H16BrN3O/c1-9(16)12-3-2-10(6-13(12)14)17-4-5-18-11(7-15)8-17/h2-3,6,9,11H,4-5,8,16H2,1H3/t9-,11?/m1/s1. The van der Waals surface area contributed by atoms with Gasteiger partial charge in [0.2, 0.25) is 0 Å². The molecule has 0 spiro atoms. The highest BCUT2D eigenvalue weighted by atomic mass is 79.9. The number of morpholine rings is 1. The number of anilines is 1. The number of nitrogens with two attached hydrogens (primary N) is 1. The largest absolute Gasteiger partial charge is 0.365 e. The molecule has 1 aromatic carbocycles. The first-order valence-electron chi connectivity index (χ1n) is 5.93. The smallest absolute Gasteiger partial charge is 0.161 e. The van der Waals surface area contributed by atoms with Crippen molar-refractivity contribution in [3.63, 3.8) is 0 Å². The van der Waals surface area contributed by atoms with Crippen LogP contribution in [0.2, 0.25) is 0 Å². The maximum atomic E-state index is 8.90. The van der Waals surface area contributed by atoms with Crippen molar-refractivity contribution in [2.75, 3.05) is 24.6 Å². The summed E-state index contributed by atoms with van der Waals surface area (Å²) in [5.41, 5.74) is 8.06. The number of hydrogen-bond donors (Lipinski definition) is 1. The molecule has 96 valence electrons. The third-order valence-electron chi connectivity index (χ3n) is 3.05. The Bertz CT molecular complexity index is 470. The van der Waals surface area contributed by atoms with Crippen LogP contribution in [0.4, 0.5) is 5.69 Å². The normalized spacial score (nSPS) is 21.4. The number of hydrogen-bond acceptors (Lipinski definition) is 4. The molecular weight excluding hydrogens is 294 g/mol. The Morgan fingerprint density at radius 3 is 3.00 bits per heavy atom. The van der Waals surface area contributed by atoms with Crippen molar-refractivity contribution in [2.45, 2.75) is 19.1 Å². The molecule has 1 aromatic rings. The van der Waals surface area contributed by atoms with Gasteiger partial charge in [0.05, 0.1) is 19.2 Å². The van der Waals surface area contributed by atoms with Gasteiger partial charge in [0, 0.05) is 22.7 Å². The first kappa shape index (κ1) is 13.3. The van der Waals surface area contributed by atoms with Gasteiger partial charge in [-0.05, 0) is 24.6 Å². The molecular formula is C13H16BrN3O. The fraction of sp³-hybridized carbons (Fsp3) is 0.462. The van der Waals surface area contributed by atoms with Gasteiger partial charge in [-0.2, -0.15) is 5.26 Å². The van der Waals surface area contributed by atoms with Gasteiger partial charge in [-0.25, -0.2) is 0 Å². The lowest BCUT2D eigenvalue weighted by atomic mass is 10.1. The zero-order valence-electron chi connectivity index (χ0n) is 10.3. The molecule has 1 unspecified atom stereocenters. The van der Waals surface area contributed by atoms with Crippen molar-refractivity contribution < 1.29 is 4.74 Å². The molecule has 0 amide bonds. The van der Waals surface area contributed by atoms with Crippen LogP contribution >= 0.6 is 15.9 Å². The third-order valence-corrected chi connectivity index (χ3v) is 3.74. The van der Waals surface area contributed by atoms with Crippen molar-refractivity contribution in [3.05, 3.63) is 28.2 Å². The molecule has 2 rings (SSSR count). The second-order valence-electron chi connectivity index (χ2n) is 4.43. The Labute approximate surface area is 115 Å². The summed E-state index contributed by atoms with van der Waals surface area (Å²) < 4.78 is 6.35. The fourth-order valence-corrected chi connectivity index (χ4v) is 2.77. The summed E-state index contributed by atoms with van der Waals surface area (Å²) in [5, 5.41) is 8.90. The van der Waals surface area contributed by atoms with Gasteiger partial charge in [-0.1, -0.05) is 22.0 Å². The minimum atomic E-state index is -0.342. The average Bonchev–Trinajstić information content (AvgIpc) is 2.38. The van der Waals surface area contributed by atoms with E-state index < -0.39 is 0 Å². The zero-order valence-corrected chi connectivity index (χ0v) is 11.9. The highest BCUT2D eigenvalue weighted by molar-refractivity contribution is 9.10. The summed E-state index contributed by atoms with van der Waals surface area (Å²) in [4.78, 5) is 2.16. The molecule has 4 nitrogen and oxygen atoms in total. The van der Waals surface area contributed by atoms with Gasteiger partial charge < -0.3 is 15.4 Å². The highest BCUT2D eigenvalue weighted by Gasteiger charge is 2.20. The van der Waals surface area contributed by atoms with E-state index in [1.54, 1.807) is 0 Å². The summed E-state index contributed by atoms with van der Waals surface area (Å²) in [6, 6.07) is 8.28. The van der Waals surface area contributed by atoms with Gasteiger partial charge >= 0.3 is 0 Å². The van der Waals surface area contributed by atoms with Gasteiger partial charge in [0.25, 0.3) is 0 Å². The summed E-state index contributed by atoms with van der Waals surface area (Å²) >= 11 is 3.54. The molecule has 0 bridgehead atoms. The summed E-state index contributed by atoms with van der Waals surface area (Å²) in [6.45, 7) is 3.97. The Balaban J connectivity index is 2.19. The Kier molecular flexibility index (Phi) is 4.23. The van der Waals surface area contributed by atoms with E-state index in [0.717, 1.165) is 22.3 Å². The van der Waals surface area contributed by atoms with E-state index in [0.29, 0.717) is 13.2 Å². The van der Waals surface area contributed by atoms with Crippen LogP contribution in [0.15, 0.2) is 22.7 Å².